The van der Waals surface area contributed by atoms with E-state index >= 15 is 0 Å². The molecule has 0 unspecified atom stereocenters. The number of hydrogen-bond acceptors (Lipinski definition) is 4. The Balaban J connectivity index is 3.42. The van der Waals surface area contributed by atoms with E-state index in [0.717, 1.165) is 0 Å². The van der Waals surface area contributed by atoms with Crippen molar-refractivity contribution in [1.82, 2.24) is 5.32 Å². The molecule has 0 aliphatic rings. The minimum absolute atomic E-state index is 0.417. The average Bonchev–Trinajstić information content (AvgIpc) is 2.10. The molecule has 5 N–H and O–H groups in total. The van der Waals surface area contributed by atoms with E-state index in [0.29, 0.717) is 19.4 Å². The number of nitrogens with one attached hydrogen (secondary N) is 1. The van der Waals surface area contributed by atoms with Crippen LogP contribution in [-0.4, -0.2) is 31.7 Å². The molecule has 0 bridgehead atoms. The van der Waals surface area contributed by atoms with Crippen LogP contribution in [0, 0.1) is 0 Å². The van der Waals surface area contributed by atoms with E-state index < -0.39 is 18.0 Å². The van der Waals surface area contributed by atoms with Crippen LogP contribution in [0.1, 0.15) is 12.8 Å². The third kappa shape index (κ3) is 5.92. The summed E-state index contributed by atoms with van der Waals surface area (Å²) in [6.07, 6.45) is 1.06. The van der Waals surface area contributed by atoms with Crippen LogP contribution in [0.15, 0.2) is 0 Å². The van der Waals surface area contributed by atoms with Crippen LogP contribution in [0.25, 0.3) is 0 Å². The molecule has 0 aliphatic carbocycles. The molecule has 0 aromatic carbocycles. The van der Waals surface area contributed by atoms with E-state index in [1.54, 1.807) is 0 Å². The van der Waals surface area contributed by atoms with Gasteiger partial charge in [-0.05, 0) is 12.8 Å². The summed E-state index contributed by atoms with van der Waals surface area (Å²) in [7, 11) is 1.28. The Morgan fingerprint density at radius 2 is 2.15 bits per heavy atom. The predicted molar refractivity (Wildman–Crippen MR) is 46.8 cm³/mol. The molecular formula is C7H15N3O3. The van der Waals surface area contributed by atoms with E-state index in [4.69, 9.17) is 11.5 Å². The summed E-state index contributed by atoms with van der Waals surface area (Å²) in [5.74, 6) is -0.445. The van der Waals surface area contributed by atoms with E-state index in [9.17, 15) is 9.59 Å². The minimum Gasteiger partial charge on any atom is -0.468 e. The first-order valence-corrected chi connectivity index (χ1v) is 3.94. The first kappa shape index (κ1) is 11.7. The van der Waals surface area contributed by atoms with Gasteiger partial charge in [-0.3, -0.25) is 4.79 Å². The third-order valence-corrected chi connectivity index (χ3v) is 1.50. The summed E-state index contributed by atoms with van der Waals surface area (Å²) < 4.78 is 4.41. The molecule has 76 valence electrons. The average molecular weight is 189 g/mol. The van der Waals surface area contributed by atoms with Crippen molar-refractivity contribution in [2.24, 2.45) is 11.5 Å². The van der Waals surface area contributed by atoms with Crippen LogP contribution >= 0.6 is 0 Å². The fourth-order valence-corrected chi connectivity index (χ4v) is 0.803. The van der Waals surface area contributed by atoms with Gasteiger partial charge in [0.1, 0.15) is 6.04 Å². The van der Waals surface area contributed by atoms with Gasteiger partial charge in [-0.1, -0.05) is 0 Å². The number of nitrogens with two attached hydrogens (primary N) is 2. The van der Waals surface area contributed by atoms with Gasteiger partial charge >= 0.3 is 12.0 Å². The summed E-state index contributed by atoms with van der Waals surface area (Å²) in [5.41, 5.74) is 10.2. The number of rotatable bonds is 5. The zero-order valence-electron chi connectivity index (χ0n) is 7.58. The van der Waals surface area contributed by atoms with Crippen LogP contribution in [0.4, 0.5) is 4.79 Å². The largest absolute Gasteiger partial charge is 0.468 e. The van der Waals surface area contributed by atoms with Crippen molar-refractivity contribution in [3.05, 3.63) is 0 Å². The van der Waals surface area contributed by atoms with Gasteiger partial charge in [0.2, 0.25) is 0 Å². The SMILES string of the molecule is COC(=O)[C@@H](N)CCCNC(N)=O. The normalized spacial score (nSPS) is 11.8. The Labute approximate surface area is 76.6 Å². The number of hydrogen-bond donors (Lipinski definition) is 3. The van der Waals surface area contributed by atoms with Crippen molar-refractivity contribution in [3.63, 3.8) is 0 Å². The lowest BCUT2D eigenvalue weighted by atomic mass is 10.2. The standard InChI is InChI=1S/C7H15N3O3/c1-13-6(11)5(8)3-2-4-10-7(9)12/h5H,2-4,8H2,1H3,(H3,9,10,12)/t5-/m0/s1. The van der Waals surface area contributed by atoms with E-state index in [1.165, 1.54) is 7.11 Å². The molecule has 0 aromatic heterocycles. The molecule has 0 saturated carbocycles. The van der Waals surface area contributed by atoms with Crippen LogP contribution < -0.4 is 16.8 Å². The van der Waals surface area contributed by atoms with Gasteiger partial charge in [-0.15, -0.1) is 0 Å². The third-order valence-electron chi connectivity index (χ3n) is 1.50. The zero-order valence-corrected chi connectivity index (χ0v) is 7.58. The van der Waals surface area contributed by atoms with Gasteiger partial charge < -0.3 is 21.5 Å². The number of carbonyl (C=O) groups excluding carboxylic acids is 2. The Morgan fingerprint density at radius 3 is 2.62 bits per heavy atom. The topological polar surface area (TPSA) is 107 Å². The molecule has 0 spiro atoms. The maximum absolute atomic E-state index is 10.8. The van der Waals surface area contributed by atoms with Gasteiger partial charge in [-0.2, -0.15) is 0 Å². The van der Waals surface area contributed by atoms with Crippen molar-refractivity contribution in [1.29, 1.82) is 0 Å². The molecule has 0 heterocycles. The Morgan fingerprint density at radius 1 is 1.54 bits per heavy atom. The van der Waals surface area contributed by atoms with Crippen molar-refractivity contribution < 1.29 is 14.3 Å². The van der Waals surface area contributed by atoms with Crippen molar-refractivity contribution in [2.75, 3.05) is 13.7 Å². The van der Waals surface area contributed by atoms with Gasteiger partial charge in [-0.25, -0.2) is 4.79 Å². The highest BCUT2D eigenvalue weighted by molar-refractivity contribution is 5.75. The summed E-state index contributed by atoms with van der Waals surface area (Å²) in [6, 6.07) is -1.20. The maximum atomic E-state index is 10.8. The number of carbonyl (C=O) groups is 2. The van der Waals surface area contributed by atoms with Gasteiger partial charge in [0.05, 0.1) is 7.11 Å². The van der Waals surface area contributed by atoms with E-state index in [1.807, 2.05) is 0 Å². The van der Waals surface area contributed by atoms with E-state index in [-0.39, 0.29) is 0 Å². The zero-order chi connectivity index (χ0) is 10.3. The summed E-state index contributed by atoms with van der Waals surface area (Å²) in [5, 5.41) is 2.39. The monoisotopic (exact) mass is 189 g/mol. The number of esters is 1. The second kappa shape index (κ2) is 6.24. The molecule has 13 heavy (non-hydrogen) atoms. The second-order valence-electron chi connectivity index (χ2n) is 2.56. The van der Waals surface area contributed by atoms with Crippen LogP contribution in [0.2, 0.25) is 0 Å². The van der Waals surface area contributed by atoms with Crippen LogP contribution in [-0.2, 0) is 9.53 Å². The fraction of sp³-hybridized carbons (Fsp3) is 0.714. The lowest BCUT2D eigenvalue weighted by Gasteiger charge is -2.08. The van der Waals surface area contributed by atoms with Crippen molar-refractivity contribution >= 4 is 12.0 Å². The second-order valence-corrected chi connectivity index (χ2v) is 2.56. The highest BCUT2D eigenvalue weighted by atomic mass is 16.5. The molecule has 1 atom stereocenters. The smallest absolute Gasteiger partial charge is 0.322 e. The first-order chi connectivity index (χ1) is 6.07. The minimum atomic E-state index is -0.625. The number of ether oxygens (including phenoxy) is 1. The first-order valence-electron chi connectivity index (χ1n) is 3.94. The molecule has 0 saturated heterocycles. The number of primary amides is 1. The van der Waals surface area contributed by atoms with Crippen molar-refractivity contribution in [2.45, 2.75) is 18.9 Å². The van der Waals surface area contributed by atoms with Gasteiger partial charge in [0.25, 0.3) is 0 Å². The fourth-order valence-electron chi connectivity index (χ4n) is 0.803. The Kier molecular flexibility index (Phi) is 5.62. The Bertz CT molecular complexity index is 184. The Hall–Kier alpha value is -1.30. The van der Waals surface area contributed by atoms with Gasteiger partial charge in [0, 0.05) is 6.54 Å². The molecule has 2 amide bonds. The van der Waals surface area contributed by atoms with Crippen molar-refractivity contribution in [3.8, 4) is 0 Å². The molecule has 0 fully saturated rings. The van der Waals surface area contributed by atoms with Gasteiger partial charge in [0.15, 0.2) is 0 Å². The van der Waals surface area contributed by atoms with E-state index in [2.05, 4.69) is 10.1 Å². The summed E-state index contributed by atoms with van der Waals surface area (Å²) in [4.78, 5) is 21.0. The lowest BCUT2D eigenvalue weighted by molar-refractivity contribution is -0.142. The summed E-state index contributed by atoms with van der Waals surface area (Å²) in [6.45, 7) is 0.417. The summed E-state index contributed by atoms with van der Waals surface area (Å²) >= 11 is 0. The number of methoxy groups -OCH3 is 1. The molecule has 6 heteroatoms. The number of amides is 2. The maximum Gasteiger partial charge on any atom is 0.322 e. The highest BCUT2D eigenvalue weighted by Crippen LogP contribution is 1.94. The molecular weight excluding hydrogens is 174 g/mol. The molecule has 6 nitrogen and oxygen atoms in total. The molecule has 0 aromatic rings. The lowest BCUT2D eigenvalue weighted by Crippen LogP contribution is -2.34. The quantitative estimate of drug-likeness (QED) is 0.378. The molecule has 0 rings (SSSR count). The van der Waals surface area contributed by atoms with Crippen LogP contribution in [0.3, 0.4) is 0 Å². The molecule has 0 aliphatic heterocycles. The highest BCUT2D eigenvalue weighted by Gasteiger charge is 2.12. The number of urea groups is 1. The predicted octanol–water partition coefficient (Wildman–Crippen LogP) is -1.06. The molecule has 0 radical (unpaired) electrons. The van der Waals surface area contributed by atoms with Crippen LogP contribution in [0.5, 0.6) is 0 Å².